The van der Waals surface area contributed by atoms with Crippen LogP contribution in [0.15, 0.2) is 36.4 Å². The van der Waals surface area contributed by atoms with E-state index < -0.39 is 0 Å². The van der Waals surface area contributed by atoms with E-state index >= 15 is 0 Å². The second kappa shape index (κ2) is 8.10. The molecule has 1 aromatic heterocycles. The van der Waals surface area contributed by atoms with Crippen LogP contribution in [-0.4, -0.2) is 24.0 Å². The summed E-state index contributed by atoms with van der Waals surface area (Å²) in [4.78, 5) is 19.9. The smallest absolute Gasteiger partial charge is 0.225 e. The first-order valence-corrected chi connectivity index (χ1v) is 10.8. The van der Waals surface area contributed by atoms with Gasteiger partial charge in [-0.25, -0.2) is 4.98 Å². The number of carbonyl (C=O) groups excluding carboxylic acids is 1. The Morgan fingerprint density at radius 1 is 1.32 bits per heavy atom. The Hall–Kier alpha value is -2.11. The fourth-order valence-corrected chi connectivity index (χ4v) is 5.21. The highest BCUT2D eigenvalue weighted by atomic mass is 35.5. The lowest BCUT2D eigenvalue weighted by molar-refractivity contribution is -0.125. The van der Waals surface area contributed by atoms with E-state index in [0.717, 1.165) is 35.6 Å². The predicted octanol–water partition coefficient (Wildman–Crippen LogP) is 5.10. The minimum atomic E-state index is -0.0221. The molecule has 2 heterocycles. The molecule has 28 heavy (non-hydrogen) atoms. The van der Waals surface area contributed by atoms with Gasteiger partial charge >= 0.3 is 0 Å². The van der Waals surface area contributed by atoms with Gasteiger partial charge in [-0.05, 0) is 55.5 Å². The fourth-order valence-electron chi connectivity index (χ4n) is 3.83. The number of hydrogen-bond donors (Lipinski definition) is 1. The van der Waals surface area contributed by atoms with Crippen LogP contribution in [0.2, 0.25) is 5.02 Å². The maximum absolute atomic E-state index is 12.7. The predicted molar refractivity (Wildman–Crippen MR) is 117 cm³/mol. The molecule has 1 aliphatic rings. The van der Waals surface area contributed by atoms with E-state index in [1.54, 1.807) is 11.3 Å². The maximum atomic E-state index is 12.7. The summed E-state index contributed by atoms with van der Waals surface area (Å²) in [5.74, 6) is 0.0730. The number of nitrogens with zero attached hydrogens (tertiary/aromatic N) is 2. The number of benzene rings is 2. The standard InChI is InChI=1S/C22H24ClN3OS/c1-14-10-15(2)20-19(11-14)28-22(25-20)26-9-5-7-17(13-26)21(27)24-12-16-6-3-4-8-18(16)23/h3-4,6,8,10-11,17H,5,7,9,12-13H2,1-2H3,(H,24,27)/t17-/m1/s1. The van der Waals surface area contributed by atoms with Gasteiger partial charge in [-0.15, -0.1) is 0 Å². The highest BCUT2D eigenvalue weighted by Crippen LogP contribution is 2.33. The summed E-state index contributed by atoms with van der Waals surface area (Å²) in [6.45, 7) is 6.36. The molecule has 0 spiro atoms. The first-order chi connectivity index (χ1) is 13.5. The highest BCUT2D eigenvalue weighted by Gasteiger charge is 2.27. The van der Waals surface area contributed by atoms with Gasteiger partial charge in [0, 0.05) is 24.7 Å². The second-order valence-corrected chi connectivity index (χ2v) is 8.94. The number of hydrogen-bond acceptors (Lipinski definition) is 4. The van der Waals surface area contributed by atoms with Crippen molar-refractivity contribution in [1.29, 1.82) is 0 Å². The Kier molecular flexibility index (Phi) is 5.56. The molecule has 4 nitrogen and oxygen atoms in total. The Bertz CT molecular complexity index is 1020. The van der Waals surface area contributed by atoms with Crippen molar-refractivity contribution in [1.82, 2.24) is 10.3 Å². The van der Waals surface area contributed by atoms with Crippen molar-refractivity contribution in [2.24, 2.45) is 5.92 Å². The summed E-state index contributed by atoms with van der Waals surface area (Å²) < 4.78 is 1.22. The lowest BCUT2D eigenvalue weighted by atomic mass is 9.97. The van der Waals surface area contributed by atoms with E-state index in [9.17, 15) is 4.79 Å². The SMILES string of the molecule is Cc1cc(C)c2nc(N3CCC[C@@H](C(=O)NCc4ccccc4Cl)C3)sc2c1. The summed E-state index contributed by atoms with van der Waals surface area (Å²) in [6, 6.07) is 12.0. The van der Waals surface area contributed by atoms with Gasteiger partial charge in [0.05, 0.1) is 16.1 Å². The van der Waals surface area contributed by atoms with Crippen molar-refractivity contribution in [2.45, 2.75) is 33.2 Å². The van der Waals surface area contributed by atoms with Gasteiger partial charge < -0.3 is 10.2 Å². The van der Waals surface area contributed by atoms with E-state index in [-0.39, 0.29) is 11.8 Å². The minimum Gasteiger partial charge on any atom is -0.352 e. The third-order valence-corrected chi connectivity index (χ3v) is 6.72. The average Bonchev–Trinajstić information content (AvgIpc) is 3.12. The molecule has 3 aromatic rings. The van der Waals surface area contributed by atoms with Gasteiger partial charge in [0.25, 0.3) is 0 Å². The van der Waals surface area contributed by atoms with Crippen LogP contribution in [0.3, 0.4) is 0 Å². The molecular weight excluding hydrogens is 390 g/mol. The number of carbonyl (C=O) groups is 1. The molecule has 2 aromatic carbocycles. The van der Waals surface area contributed by atoms with E-state index in [1.807, 2.05) is 24.3 Å². The molecule has 1 aliphatic heterocycles. The molecule has 1 N–H and O–H groups in total. The highest BCUT2D eigenvalue weighted by molar-refractivity contribution is 7.22. The van der Waals surface area contributed by atoms with E-state index in [4.69, 9.17) is 16.6 Å². The first-order valence-electron chi connectivity index (χ1n) is 9.65. The molecule has 1 amide bonds. The molecule has 0 saturated carbocycles. The number of anilines is 1. The summed E-state index contributed by atoms with van der Waals surface area (Å²) in [5.41, 5.74) is 4.50. The van der Waals surface area contributed by atoms with Gasteiger partial charge in [-0.2, -0.15) is 0 Å². The fraction of sp³-hybridized carbons (Fsp3) is 0.364. The van der Waals surface area contributed by atoms with Crippen LogP contribution in [0.1, 0.15) is 29.5 Å². The Balaban J connectivity index is 1.45. The minimum absolute atomic E-state index is 0.0221. The number of fused-ring (bicyclic) bond motifs is 1. The summed E-state index contributed by atoms with van der Waals surface area (Å²) in [7, 11) is 0. The number of rotatable bonds is 4. The molecule has 6 heteroatoms. The van der Waals surface area contributed by atoms with Crippen molar-refractivity contribution in [3.05, 3.63) is 58.1 Å². The quantitative estimate of drug-likeness (QED) is 0.647. The zero-order chi connectivity index (χ0) is 19.7. The molecule has 1 saturated heterocycles. The zero-order valence-corrected chi connectivity index (χ0v) is 17.7. The van der Waals surface area contributed by atoms with Crippen LogP contribution >= 0.6 is 22.9 Å². The normalized spacial score (nSPS) is 17.1. The van der Waals surface area contributed by atoms with Gasteiger partial charge in [-0.3, -0.25) is 4.79 Å². The third-order valence-electron chi connectivity index (χ3n) is 5.29. The van der Waals surface area contributed by atoms with Crippen LogP contribution in [0.4, 0.5) is 5.13 Å². The molecule has 0 bridgehead atoms. The number of thiazole rings is 1. The largest absolute Gasteiger partial charge is 0.352 e. The molecule has 0 radical (unpaired) electrons. The van der Waals surface area contributed by atoms with E-state index in [1.165, 1.54) is 15.8 Å². The summed E-state index contributed by atoms with van der Waals surface area (Å²) in [6.07, 6.45) is 1.91. The van der Waals surface area contributed by atoms with Crippen molar-refractivity contribution < 1.29 is 4.79 Å². The summed E-state index contributed by atoms with van der Waals surface area (Å²) >= 11 is 7.92. The Labute approximate surface area is 174 Å². The molecule has 0 unspecified atom stereocenters. The van der Waals surface area contributed by atoms with Gasteiger partial charge in [0.1, 0.15) is 0 Å². The van der Waals surface area contributed by atoms with Gasteiger partial charge in [0.15, 0.2) is 5.13 Å². The monoisotopic (exact) mass is 413 g/mol. The maximum Gasteiger partial charge on any atom is 0.225 e. The van der Waals surface area contributed by atoms with Crippen LogP contribution in [0.5, 0.6) is 0 Å². The Morgan fingerprint density at radius 2 is 2.14 bits per heavy atom. The van der Waals surface area contributed by atoms with Crippen LogP contribution < -0.4 is 10.2 Å². The molecule has 0 aliphatic carbocycles. The Morgan fingerprint density at radius 3 is 2.96 bits per heavy atom. The average molecular weight is 414 g/mol. The third kappa shape index (κ3) is 4.01. The van der Waals surface area contributed by atoms with Crippen LogP contribution in [0.25, 0.3) is 10.2 Å². The lowest BCUT2D eigenvalue weighted by Gasteiger charge is -2.31. The number of aryl methyl sites for hydroxylation is 2. The van der Waals surface area contributed by atoms with Crippen molar-refractivity contribution in [3.8, 4) is 0 Å². The molecule has 1 fully saturated rings. The number of aromatic nitrogens is 1. The van der Waals surface area contributed by atoms with Crippen molar-refractivity contribution >= 4 is 44.2 Å². The van der Waals surface area contributed by atoms with Crippen LogP contribution in [0, 0.1) is 19.8 Å². The van der Waals surface area contributed by atoms with Crippen molar-refractivity contribution in [2.75, 3.05) is 18.0 Å². The van der Waals surface area contributed by atoms with Gasteiger partial charge in [-0.1, -0.05) is 47.2 Å². The molecule has 146 valence electrons. The van der Waals surface area contributed by atoms with E-state index in [2.05, 4.69) is 36.2 Å². The van der Waals surface area contributed by atoms with Gasteiger partial charge in [0.2, 0.25) is 5.91 Å². The second-order valence-electron chi connectivity index (χ2n) is 7.52. The zero-order valence-electron chi connectivity index (χ0n) is 16.2. The molecular formula is C22H24ClN3OS. The first kappa shape index (κ1) is 19.2. The number of nitrogens with one attached hydrogen (secondary N) is 1. The lowest BCUT2D eigenvalue weighted by Crippen LogP contribution is -2.43. The van der Waals surface area contributed by atoms with E-state index in [0.29, 0.717) is 18.1 Å². The number of amides is 1. The number of halogens is 1. The number of piperidine rings is 1. The van der Waals surface area contributed by atoms with Crippen molar-refractivity contribution in [3.63, 3.8) is 0 Å². The topological polar surface area (TPSA) is 45.2 Å². The molecule has 1 atom stereocenters. The summed E-state index contributed by atoms with van der Waals surface area (Å²) in [5, 5.41) is 4.77. The molecule has 4 rings (SSSR count). The van der Waals surface area contributed by atoms with Crippen LogP contribution in [-0.2, 0) is 11.3 Å².